The van der Waals surface area contributed by atoms with E-state index in [1.54, 1.807) is 7.11 Å². The second-order valence-corrected chi connectivity index (χ2v) is 5.06. The monoisotopic (exact) mass is 224 g/mol. The molecule has 82 valence electrons. The summed E-state index contributed by atoms with van der Waals surface area (Å²) in [4.78, 5) is 1.33. The van der Waals surface area contributed by atoms with Crippen molar-refractivity contribution >= 4 is 11.8 Å². The topological polar surface area (TPSA) is 29.5 Å². The van der Waals surface area contributed by atoms with Gasteiger partial charge in [0.1, 0.15) is 5.75 Å². The summed E-state index contributed by atoms with van der Waals surface area (Å²) < 4.78 is 5.22. The molecule has 0 radical (unpaired) electrons. The predicted octanol–water partition coefficient (Wildman–Crippen LogP) is 2.66. The summed E-state index contributed by atoms with van der Waals surface area (Å²) >= 11 is 1.87. The van der Waals surface area contributed by atoms with E-state index in [1.165, 1.54) is 10.5 Å². The molecule has 0 fully saturated rings. The molecule has 1 N–H and O–H groups in total. The zero-order valence-electron chi connectivity index (χ0n) is 9.06. The summed E-state index contributed by atoms with van der Waals surface area (Å²) in [7, 11) is 1.69. The first-order valence-corrected chi connectivity index (χ1v) is 6.18. The number of thioether (sulfide) groups is 1. The van der Waals surface area contributed by atoms with Gasteiger partial charge >= 0.3 is 0 Å². The Morgan fingerprint density at radius 2 is 2.40 bits per heavy atom. The molecule has 1 aliphatic heterocycles. The average Bonchev–Trinajstić information content (AvgIpc) is 2.60. The Hall–Kier alpha value is -0.670. The quantitative estimate of drug-likeness (QED) is 0.856. The van der Waals surface area contributed by atoms with E-state index in [0.29, 0.717) is 5.92 Å². The molecule has 1 aromatic rings. The highest BCUT2D eigenvalue weighted by Gasteiger charge is 2.24. The SMILES string of the molecule is COc1ccc2c(c1)C(CC(C)O)CS2. The molecular weight excluding hydrogens is 208 g/mol. The Labute approximate surface area is 94.6 Å². The van der Waals surface area contributed by atoms with Crippen molar-refractivity contribution < 1.29 is 9.84 Å². The highest BCUT2D eigenvalue weighted by molar-refractivity contribution is 7.99. The van der Waals surface area contributed by atoms with E-state index >= 15 is 0 Å². The third kappa shape index (κ3) is 2.29. The van der Waals surface area contributed by atoms with Gasteiger partial charge in [0.25, 0.3) is 0 Å². The second kappa shape index (κ2) is 4.45. The van der Waals surface area contributed by atoms with Gasteiger partial charge in [-0.25, -0.2) is 0 Å². The number of methoxy groups -OCH3 is 1. The van der Waals surface area contributed by atoms with Gasteiger partial charge in [0.05, 0.1) is 13.2 Å². The minimum atomic E-state index is -0.229. The Bertz CT molecular complexity index is 349. The molecule has 0 amide bonds. The van der Waals surface area contributed by atoms with Crippen LogP contribution >= 0.6 is 11.8 Å². The van der Waals surface area contributed by atoms with Crippen molar-refractivity contribution in [1.82, 2.24) is 0 Å². The number of aliphatic hydroxyl groups excluding tert-OH is 1. The highest BCUT2D eigenvalue weighted by atomic mass is 32.2. The normalized spacial score (nSPS) is 21.1. The minimum Gasteiger partial charge on any atom is -0.497 e. The first-order chi connectivity index (χ1) is 7.20. The standard InChI is InChI=1S/C12H16O2S/c1-8(13)5-9-7-15-12-4-3-10(14-2)6-11(9)12/h3-4,6,8-9,13H,5,7H2,1-2H3. The van der Waals surface area contributed by atoms with Gasteiger partial charge < -0.3 is 9.84 Å². The van der Waals surface area contributed by atoms with Gasteiger partial charge in [0.2, 0.25) is 0 Å². The predicted molar refractivity (Wildman–Crippen MR) is 62.8 cm³/mol. The van der Waals surface area contributed by atoms with E-state index in [4.69, 9.17) is 4.74 Å². The van der Waals surface area contributed by atoms with Gasteiger partial charge in [0.15, 0.2) is 0 Å². The van der Waals surface area contributed by atoms with E-state index in [0.717, 1.165) is 17.9 Å². The van der Waals surface area contributed by atoms with Gasteiger partial charge in [-0.3, -0.25) is 0 Å². The molecule has 0 aliphatic carbocycles. The third-order valence-electron chi connectivity index (χ3n) is 2.72. The molecular formula is C12H16O2S. The molecule has 1 aliphatic rings. The Morgan fingerprint density at radius 1 is 1.60 bits per heavy atom. The molecule has 0 saturated heterocycles. The fourth-order valence-corrected chi connectivity index (χ4v) is 3.24. The van der Waals surface area contributed by atoms with E-state index in [9.17, 15) is 5.11 Å². The van der Waals surface area contributed by atoms with Crippen LogP contribution in [0.3, 0.4) is 0 Å². The van der Waals surface area contributed by atoms with Gasteiger partial charge in [0, 0.05) is 10.6 Å². The lowest BCUT2D eigenvalue weighted by Crippen LogP contribution is -2.08. The molecule has 2 atom stereocenters. The van der Waals surface area contributed by atoms with Crippen molar-refractivity contribution in [2.24, 2.45) is 0 Å². The summed E-state index contributed by atoms with van der Waals surface area (Å²) in [6.07, 6.45) is 0.612. The average molecular weight is 224 g/mol. The lowest BCUT2D eigenvalue weighted by atomic mass is 9.95. The lowest BCUT2D eigenvalue weighted by molar-refractivity contribution is 0.177. The van der Waals surface area contributed by atoms with Crippen LogP contribution in [0.5, 0.6) is 5.75 Å². The first kappa shape index (κ1) is 10.8. The summed E-state index contributed by atoms with van der Waals surface area (Å²) in [5, 5.41) is 9.42. The number of fused-ring (bicyclic) bond motifs is 1. The fourth-order valence-electron chi connectivity index (χ4n) is 1.99. The van der Waals surface area contributed by atoms with Crippen molar-refractivity contribution in [2.75, 3.05) is 12.9 Å². The Balaban J connectivity index is 2.23. The van der Waals surface area contributed by atoms with Crippen LogP contribution in [-0.2, 0) is 0 Å². The zero-order chi connectivity index (χ0) is 10.8. The van der Waals surface area contributed by atoms with Crippen LogP contribution in [-0.4, -0.2) is 24.1 Å². The van der Waals surface area contributed by atoms with Crippen LogP contribution in [0.1, 0.15) is 24.8 Å². The molecule has 2 nitrogen and oxygen atoms in total. The molecule has 1 heterocycles. The van der Waals surface area contributed by atoms with Crippen LogP contribution < -0.4 is 4.74 Å². The van der Waals surface area contributed by atoms with E-state index < -0.39 is 0 Å². The van der Waals surface area contributed by atoms with E-state index in [2.05, 4.69) is 12.1 Å². The van der Waals surface area contributed by atoms with Crippen molar-refractivity contribution in [3.8, 4) is 5.75 Å². The third-order valence-corrected chi connectivity index (χ3v) is 3.97. The van der Waals surface area contributed by atoms with Crippen LogP contribution in [0.4, 0.5) is 0 Å². The maximum absolute atomic E-state index is 9.42. The highest BCUT2D eigenvalue weighted by Crippen LogP contribution is 2.43. The molecule has 0 bridgehead atoms. The summed E-state index contributed by atoms with van der Waals surface area (Å²) in [6, 6.07) is 6.21. The molecule has 1 aromatic carbocycles. The van der Waals surface area contributed by atoms with Crippen molar-refractivity contribution in [2.45, 2.75) is 30.3 Å². The molecule has 2 unspecified atom stereocenters. The number of ether oxygens (including phenoxy) is 1. The number of aliphatic hydroxyl groups is 1. The van der Waals surface area contributed by atoms with Gasteiger partial charge in [-0.15, -0.1) is 11.8 Å². The van der Waals surface area contributed by atoms with Crippen molar-refractivity contribution in [3.05, 3.63) is 23.8 Å². The number of hydrogen-bond acceptors (Lipinski definition) is 3. The van der Waals surface area contributed by atoms with Crippen molar-refractivity contribution in [3.63, 3.8) is 0 Å². The van der Waals surface area contributed by atoms with E-state index in [-0.39, 0.29) is 6.10 Å². The number of hydrogen-bond donors (Lipinski definition) is 1. The molecule has 2 rings (SSSR count). The summed E-state index contributed by atoms with van der Waals surface area (Å²) in [5.41, 5.74) is 1.33. The number of rotatable bonds is 3. The molecule has 0 spiro atoms. The first-order valence-electron chi connectivity index (χ1n) is 5.19. The number of benzene rings is 1. The fraction of sp³-hybridized carbons (Fsp3) is 0.500. The van der Waals surface area contributed by atoms with E-state index in [1.807, 2.05) is 24.8 Å². The molecule has 15 heavy (non-hydrogen) atoms. The zero-order valence-corrected chi connectivity index (χ0v) is 9.88. The largest absolute Gasteiger partial charge is 0.497 e. The van der Waals surface area contributed by atoms with Crippen LogP contribution in [0.15, 0.2) is 23.1 Å². The Kier molecular flexibility index (Phi) is 3.22. The molecule has 0 saturated carbocycles. The minimum absolute atomic E-state index is 0.229. The van der Waals surface area contributed by atoms with Gasteiger partial charge in [-0.1, -0.05) is 0 Å². The van der Waals surface area contributed by atoms with Gasteiger partial charge in [-0.05, 0) is 43.0 Å². The summed E-state index contributed by atoms with van der Waals surface area (Å²) in [6.45, 7) is 1.85. The summed E-state index contributed by atoms with van der Waals surface area (Å²) in [5.74, 6) is 2.46. The van der Waals surface area contributed by atoms with Crippen molar-refractivity contribution in [1.29, 1.82) is 0 Å². The molecule has 0 aromatic heterocycles. The maximum Gasteiger partial charge on any atom is 0.119 e. The smallest absolute Gasteiger partial charge is 0.119 e. The second-order valence-electron chi connectivity index (χ2n) is 4.00. The Morgan fingerprint density at radius 3 is 3.07 bits per heavy atom. The van der Waals surface area contributed by atoms with Crippen LogP contribution in [0.2, 0.25) is 0 Å². The maximum atomic E-state index is 9.42. The van der Waals surface area contributed by atoms with Crippen LogP contribution in [0, 0.1) is 0 Å². The van der Waals surface area contributed by atoms with Crippen LogP contribution in [0.25, 0.3) is 0 Å². The van der Waals surface area contributed by atoms with Gasteiger partial charge in [-0.2, -0.15) is 0 Å². The molecule has 3 heteroatoms. The lowest BCUT2D eigenvalue weighted by Gasteiger charge is -2.13.